The summed E-state index contributed by atoms with van der Waals surface area (Å²) in [5.74, 6) is 0.363. The maximum Gasteiger partial charge on any atom is 0.270 e. The zero-order chi connectivity index (χ0) is 18.5. The van der Waals surface area contributed by atoms with Crippen LogP contribution in [-0.4, -0.2) is 22.9 Å². The van der Waals surface area contributed by atoms with E-state index in [2.05, 4.69) is 10.3 Å². The third kappa shape index (κ3) is 4.22. The number of non-ortho nitro benzene ring substituents is 1. The lowest BCUT2D eigenvalue weighted by molar-refractivity contribution is -0.384. The number of methoxy groups -OCH3 is 1. The van der Waals surface area contributed by atoms with Crippen LogP contribution in [0.5, 0.6) is 5.75 Å². The predicted molar refractivity (Wildman–Crippen MR) is 99.0 cm³/mol. The molecule has 2 aromatic carbocycles. The van der Waals surface area contributed by atoms with Crippen LogP contribution in [-0.2, 0) is 6.42 Å². The smallest absolute Gasteiger partial charge is 0.270 e. The summed E-state index contributed by atoms with van der Waals surface area (Å²) in [4.78, 5) is 27.7. The lowest BCUT2D eigenvalue weighted by atomic mass is 10.1. The Morgan fingerprint density at radius 1 is 1.27 bits per heavy atom. The fraction of sp³-hybridized carbons (Fsp3) is 0.111. The molecule has 3 rings (SSSR count). The fourth-order valence-electron chi connectivity index (χ4n) is 2.32. The number of ether oxygens (including phenoxy) is 1. The van der Waals surface area contributed by atoms with Crippen LogP contribution in [0, 0.1) is 10.1 Å². The molecule has 0 unspecified atom stereocenters. The van der Waals surface area contributed by atoms with Crippen molar-refractivity contribution in [3.05, 3.63) is 80.8 Å². The molecule has 0 aliphatic rings. The fourth-order valence-corrected chi connectivity index (χ4v) is 3.16. The number of nitrogens with one attached hydrogen (secondary N) is 1. The largest absolute Gasteiger partial charge is 0.497 e. The topological polar surface area (TPSA) is 94.4 Å². The van der Waals surface area contributed by atoms with E-state index in [-0.39, 0.29) is 11.3 Å². The summed E-state index contributed by atoms with van der Waals surface area (Å²) in [6, 6.07) is 13.3. The quantitative estimate of drug-likeness (QED) is 0.525. The van der Waals surface area contributed by atoms with Crippen LogP contribution in [0.2, 0.25) is 0 Å². The summed E-state index contributed by atoms with van der Waals surface area (Å²) in [6.45, 7) is 0. The van der Waals surface area contributed by atoms with Gasteiger partial charge >= 0.3 is 0 Å². The number of carbonyl (C=O) groups excluding carboxylic acids is 1. The van der Waals surface area contributed by atoms with Gasteiger partial charge in [-0.2, -0.15) is 0 Å². The molecule has 0 aliphatic heterocycles. The highest BCUT2D eigenvalue weighted by Gasteiger charge is 2.13. The van der Waals surface area contributed by atoms with E-state index in [9.17, 15) is 14.9 Å². The molecule has 132 valence electrons. The van der Waals surface area contributed by atoms with Gasteiger partial charge in [-0.3, -0.25) is 20.2 Å². The van der Waals surface area contributed by atoms with Gasteiger partial charge in [0.15, 0.2) is 5.13 Å². The molecule has 0 atom stereocenters. The molecule has 0 aliphatic carbocycles. The van der Waals surface area contributed by atoms with Gasteiger partial charge in [0.25, 0.3) is 11.6 Å². The van der Waals surface area contributed by atoms with Crippen molar-refractivity contribution < 1.29 is 14.5 Å². The molecule has 1 heterocycles. The monoisotopic (exact) mass is 369 g/mol. The van der Waals surface area contributed by atoms with Gasteiger partial charge in [-0.05, 0) is 23.8 Å². The first-order chi connectivity index (χ1) is 12.5. The first-order valence-electron chi connectivity index (χ1n) is 7.68. The second-order valence-electron chi connectivity index (χ2n) is 5.42. The zero-order valence-corrected chi connectivity index (χ0v) is 14.7. The molecular weight excluding hydrogens is 354 g/mol. The van der Waals surface area contributed by atoms with Crippen LogP contribution in [0.15, 0.2) is 54.7 Å². The molecule has 0 radical (unpaired) electrons. The number of nitro groups is 1. The van der Waals surface area contributed by atoms with Crippen molar-refractivity contribution in [3.63, 3.8) is 0 Å². The minimum atomic E-state index is -0.535. The first kappa shape index (κ1) is 17.6. The van der Waals surface area contributed by atoms with Gasteiger partial charge in [0.05, 0.1) is 12.0 Å². The lowest BCUT2D eigenvalue weighted by Crippen LogP contribution is -2.11. The molecule has 0 bridgehead atoms. The summed E-state index contributed by atoms with van der Waals surface area (Å²) < 4.78 is 5.13. The number of carbonyl (C=O) groups is 1. The van der Waals surface area contributed by atoms with E-state index < -0.39 is 10.8 Å². The van der Waals surface area contributed by atoms with Crippen LogP contribution in [0.25, 0.3) is 0 Å². The summed E-state index contributed by atoms with van der Waals surface area (Å²) in [5, 5.41) is 13.9. The van der Waals surface area contributed by atoms with Gasteiger partial charge in [0, 0.05) is 35.2 Å². The van der Waals surface area contributed by atoms with E-state index in [0.29, 0.717) is 11.6 Å². The normalized spacial score (nSPS) is 10.3. The number of benzene rings is 2. The van der Waals surface area contributed by atoms with Gasteiger partial charge < -0.3 is 4.74 Å². The van der Waals surface area contributed by atoms with Crippen LogP contribution < -0.4 is 10.1 Å². The van der Waals surface area contributed by atoms with Gasteiger partial charge in [-0.25, -0.2) is 4.98 Å². The Bertz CT molecular complexity index is 938. The van der Waals surface area contributed by atoms with Gasteiger partial charge in [0.1, 0.15) is 5.75 Å². The molecule has 8 heteroatoms. The molecule has 7 nitrogen and oxygen atoms in total. The van der Waals surface area contributed by atoms with Crippen molar-refractivity contribution in [1.82, 2.24) is 4.98 Å². The number of thiazole rings is 1. The Morgan fingerprint density at radius 2 is 2.04 bits per heavy atom. The molecule has 0 saturated carbocycles. The number of amides is 1. The molecule has 0 spiro atoms. The third-order valence-electron chi connectivity index (χ3n) is 3.63. The van der Waals surface area contributed by atoms with Crippen LogP contribution >= 0.6 is 11.3 Å². The highest BCUT2D eigenvalue weighted by molar-refractivity contribution is 7.15. The molecule has 0 saturated heterocycles. The number of rotatable bonds is 6. The Balaban J connectivity index is 1.66. The van der Waals surface area contributed by atoms with Crippen LogP contribution in [0.3, 0.4) is 0 Å². The number of aromatic nitrogens is 1. The standard InChI is InChI=1S/C18H15N3O4S/c1-25-15-7-5-12(6-8-15)9-16-11-19-18(26-16)20-17(22)13-3-2-4-14(10-13)21(23)24/h2-8,10-11H,9H2,1H3,(H,19,20,22). The minimum Gasteiger partial charge on any atom is -0.497 e. The second kappa shape index (κ2) is 7.75. The van der Waals surface area contributed by atoms with Gasteiger partial charge in [0.2, 0.25) is 0 Å². The van der Waals surface area contributed by atoms with Gasteiger partial charge in [-0.15, -0.1) is 11.3 Å². The van der Waals surface area contributed by atoms with E-state index in [0.717, 1.165) is 16.2 Å². The van der Waals surface area contributed by atoms with Crippen molar-refractivity contribution in [2.24, 2.45) is 0 Å². The summed E-state index contributed by atoms with van der Waals surface area (Å²) in [7, 11) is 1.62. The molecule has 0 fully saturated rings. The third-order valence-corrected chi connectivity index (χ3v) is 4.54. The number of nitrogens with zero attached hydrogens (tertiary/aromatic N) is 2. The van der Waals surface area contributed by atoms with E-state index in [1.165, 1.54) is 35.6 Å². The lowest BCUT2D eigenvalue weighted by Gasteiger charge is -2.02. The Morgan fingerprint density at radius 3 is 2.73 bits per heavy atom. The van der Waals surface area contributed by atoms with Crippen molar-refractivity contribution in [1.29, 1.82) is 0 Å². The maximum absolute atomic E-state index is 12.2. The number of anilines is 1. The zero-order valence-electron chi connectivity index (χ0n) is 13.8. The van der Waals surface area contributed by atoms with E-state index in [4.69, 9.17) is 4.74 Å². The van der Waals surface area contributed by atoms with Crippen molar-refractivity contribution in [2.75, 3.05) is 12.4 Å². The first-order valence-corrected chi connectivity index (χ1v) is 8.50. The molecule has 26 heavy (non-hydrogen) atoms. The van der Waals surface area contributed by atoms with Crippen LogP contribution in [0.4, 0.5) is 10.8 Å². The molecule has 1 N–H and O–H groups in total. The second-order valence-corrected chi connectivity index (χ2v) is 6.53. The average molecular weight is 369 g/mol. The van der Waals surface area contributed by atoms with Crippen molar-refractivity contribution in [3.8, 4) is 5.75 Å². The van der Waals surface area contributed by atoms with E-state index >= 15 is 0 Å². The van der Waals surface area contributed by atoms with Crippen molar-refractivity contribution in [2.45, 2.75) is 6.42 Å². The van der Waals surface area contributed by atoms with E-state index in [1.54, 1.807) is 13.3 Å². The predicted octanol–water partition coefficient (Wildman–Crippen LogP) is 3.90. The molecule has 1 aromatic heterocycles. The van der Waals surface area contributed by atoms with Gasteiger partial charge in [-0.1, -0.05) is 18.2 Å². The Kier molecular flexibility index (Phi) is 5.23. The molecular formula is C18H15N3O4S. The van der Waals surface area contributed by atoms with Crippen molar-refractivity contribution >= 4 is 28.1 Å². The number of hydrogen-bond donors (Lipinski definition) is 1. The molecule has 3 aromatic rings. The highest BCUT2D eigenvalue weighted by Crippen LogP contribution is 2.23. The Labute approximate surface area is 153 Å². The van der Waals surface area contributed by atoms with E-state index in [1.807, 2.05) is 24.3 Å². The summed E-state index contributed by atoms with van der Waals surface area (Å²) >= 11 is 1.36. The number of hydrogen-bond acceptors (Lipinski definition) is 6. The minimum absolute atomic E-state index is 0.128. The average Bonchev–Trinajstić information content (AvgIpc) is 3.09. The summed E-state index contributed by atoms with van der Waals surface area (Å²) in [5.41, 5.74) is 1.19. The van der Waals surface area contributed by atoms with Crippen LogP contribution in [0.1, 0.15) is 20.8 Å². The number of nitro benzene ring substituents is 1. The summed E-state index contributed by atoms with van der Waals surface area (Å²) in [6.07, 6.45) is 2.40. The SMILES string of the molecule is COc1ccc(Cc2cnc(NC(=O)c3cccc([N+](=O)[O-])c3)s2)cc1. The highest BCUT2D eigenvalue weighted by atomic mass is 32.1. The maximum atomic E-state index is 12.2. The Hall–Kier alpha value is -3.26. The molecule has 1 amide bonds.